The third-order valence-electron chi connectivity index (χ3n) is 3.29. The molecule has 2 aromatic rings. The van der Waals surface area contributed by atoms with E-state index in [9.17, 15) is 0 Å². The van der Waals surface area contributed by atoms with Gasteiger partial charge in [0.05, 0.1) is 18.7 Å². The molecule has 1 N–H and O–H groups in total. The van der Waals surface area contributed by atoms with Gasteiger partial charge in [0.2, 0.25) is 0 Å². The van der Waals surface area contributed by atoms with Crippen LogP contribution < -0.4 is 14.8 Å². The number of aromatic nitrogens is 1. The summed E-state index contributed by atoms with van der Waals surface area (Å²) in [7, 11) is 3.27. The van der Waals surface area contributed by atoms with Crippen molar-refractivity contribution in [1.29, 1.82) is 0 Å². The number of benzene rings is 1. The van der Waals surface area contributed by atoms with Gasteiger partial charge in [-0.25, -0.2) is 0 Å². The van der Waals surface area contributed by atoms with Crippen molar-refractivity contribution < 1.29 is 9.47 Å². The molecule has 1 aromatic carbocycles. The Kier molecular flexibility index (Phi) is 5.59. The lowest BCUT2D eigenvalue weighted by Crippen LogP contribution is -2.18. The molecule has 5 heteroatoms. The van der Waals surface area contributed by atoms with E-state index in [1.54, 1.807) is 20.4 Å². The summed E-state index contributed by atoms with van der Waals surface area (Å²) in [6.45, 7) is 2.85. The van der Waals surface area contributed by atoms with Gasteiger partial charge in [-0.05, 0) is 52.2 Å². The highest BCUT2D eigenvalue weighted by atomic mass is 79.9. The predicted molar refractivity (Wildman–Crippen MR) is 86.7 cm³/mol. The summed E-state index contributed by atoms with van der Waals surface area (Å²) in [6.07, 6.45) is 3.66. The van der Waals surface area contributed by atoms with Gasteiger partial charge in [-0.15, -0.1) is 0 Å². The topological polar surface area (TPSA) is 43.4 Å². The van der Waals surface area contributed by atoms with E-state index in [0.29, 0.717) is 5.75 Å². The van der Waals surface area contributed by atoms with Crippen LogP contribution in [0.2, 0.25) is 0 Å². The van der Waals surface area contributed by atoms with E-state index >= 15 is 0 Å². The molecule has 112 valence electrons. The maximum atomic E-state index is 5.36. The minimum Gasteiger partial charge on any atom is -0.493 e. The first-order valence-electron chi connectivity index (χ1n) is 6.69. The van der Waals surface area contributed by atoms with E-state index in [-0.39, 0.29) is 6.04 Å². The molecule has 0 aliphatic carbocycles. The number of halogens is 1. The van der Waals surface area contributed by atoms with Crippen LogP contribution in [0, 0.1) is 0 Å². The zero-order chi connectivity index (χ0) is 15.2. The van der Waals surface area contributed by atoms with Crippen molar-refractivity contribution in [2.24, 2.45) is 0 Å². The average Bonchev–Trinajstić information content (AvgIpc) is 2.52. The van der Waals surface area contributed by atoms with Gasteiger partial charge in [-0.2, -0.15) is 0 Å². The van der Waals surface area contributed by atoms with Crippen LogP contribution in [0.25, 0.3) is 0 Å². The normalized spacial score (nSPS) is 12.0. The molecule has 1 aromatic heterocycles. The number of rotatable bonds is 6. The minimum atomic E-state index is 0.227. The highest BCUT2D eigenvalue weighted by Crippen LogP contribution is 2.36. The summed E-state index contributed by atoms with van der Waals surface area (Å²) in [6, 6.07) is 8.25. The van der Waals surface area contributed by atoms with Crippen LogP contribution in [-0.4, -0.2) is 19.2 Å². The van der Waals surface area contributed by atoms with Crippen LogP contribution >= 0.6 is 15.9 Å². The second-order valence-corrected chi connectivity index (χ2v) is 5.56. The highest BCUT2D eigenvalue weighted by Gasteiger charge is 2.11. The number of nitrogens with one attached hydrogen (secondary N) is 1. The van der Waals surface area contributed by atoms with Crippen LogP contribution in [0.4, 0.5) is 0 Å². The van der Waals surface area contributed by atoms with Gasteiger partial charge in [0, 0.05) is 25.0 Å². The van der Waals surface area contributed by atoms with Crippen molar-refractivity contribution in [3.05, 3.63) is 52.3 Å². The van der Waals surface area contributed by atoms with E-state index in [1.165, 1.54) is 0 Å². The van der Waals surface area contributed by atoms with E-state index in [0.717, 1.165) is 27.9 Å². The highest BCUT2D eigenvalue weighted by molar-refractivity contribution is 9.10. The zero-order valence-electron chi connectivity index (χ0n) is 12.4. The monoisotopic (exact) mass is 350 g/mol. The molecule has 0 saturated carbocycles. The van der Waals surface area contributed by atoms with E-state index in [1.807, 2.05) is 24.4 Å². The molecular formula is C16H19BrN2O2. The summed E-state index contributed by atoms with van der Waals surface area (Å²) in [5, 5.41) is 3.47. The van der Waals surface area contributed by atoms with Crippen LogP contribution in [0.3, 0.4) is 0 Å². The molecule has 0 fully saturated rings. The summed E-state index contributed by atoms with van der Waals surface area (Å²) >= 11 is 3.51. The van der Waals surface area contributed by atoms with E-state index < -0.39 is 0 Å². The molecule has 0 amide bonds. The van der Waals surface area contributed by atoms with Gasteiger partial charge in [0.25, 0.3) is 0 Å². The van der Waals surface area contributed by atoms with Gasteiger partial charge in [-0.1, -0.05) is 6.07 Å². The molecule has 0 spiro atoms. The van der Waals surface area contributed by atoms with Crippen LogP contribution in [0.5, 0.6) is 11.5 Å². The molecule has 1 atom stereocenters. The van der Waals surface area contributed by atoms with Crippen molar-refractivity contribution in [2.45, 2.75) is 19.5 Å². The molecule has 0 saturated heterocycles. The average molecular weight is 351 g/mol. The molecular weight excluding hydrogens is 332 g/mol. The first-order chi connectivity index (χ1) is 10.2. The summed E-state index contributed by atoms with van der Waals surface area (Å²) < 4.78 is 11.6. The first kappa shape index (κ1) is 15.8. The molecule has 4 nitrogen and oxygen atoms in total. The van der Waals surface area contributed by atoms with Crippen LogP contribution in [0.15, 0.2) is 41.1 Å². The fraction of sp³-hybridized carbons (Fsp3) is 0.312. The van der Waals surface area contributed by atoms with Gasteiger partial charge >= 0.3 is 0 Å². The maximum absolute atomic E-state index is 5.36. The van der Waals surface area contributed by atoms with E-state index in [4.69, 9.17) is 9.47 Å². The quantitative estimate of drug-likeness (QED) is 0.862. The summed E-state index contributed by atoms with van der Waals surface area (Å²) in [5.74, 6) is 1.43. The number of nitrogens with zero attached hydrogens (tertiary/aromatic N) is 1. The van der Waals surface area contributed by atoms with Gasteiger partial charge < -0.3 is 14.8 Å². The van der Waals surface area contributed by atoms with Crippen molar-refractivity contribution in [3.63, 3.8) is 0 Å². The molecule has 0 radical (unpaired) electrons. The molecule has 2 rings (SSSR count). The van der Waals surface area contributed by atoms with Crippen LogP contribution in [0.1, 0.15) is 24.1 Å². The second kappa shape index (κ2) is 7.43. The summed E-state index contributed by atoms with van der Waals surface area (Å²) in [5.41, 5.74) is 2.28. The predicted octanol–water partition coefficient (Wildman–Crippen LogP) is 3.71. The van der Waals surface area contributed by atoms with Gasteiger partial charge in [0.1, 0.15) is 0 Å². The fourth-order valence-corrected chi connectivity index (χ4v) is 2.75. The number of hydrogen-bond acceptors (Lipinski definition) is 4. The third kappa shape index (κ3) is 3.95. The molecule has 0 bridgehead atoms. The molecule has 0 aliphatic rings. The Balaban J connectivity index is 2.08. The van der Waals surface area contributed by atoms with E-state index in [2.05, 4.69) is 39.2 Å². The third-order valence-corrected chi connectivity index (χ3v) is 3.88. The number of hydrogen-bond donors (Lipinski definition) is 1. The molecule has 21 heavy (non-hydrogen) atoms. The number of pyridine rings is 1. The fourth-order valence-electron chi connectivity index (χ4n) is 2.09. The lowest BCUT2D eigenvalue weighted by atomic mass is 10.1. The zero-order valence-corrected chi connectivity index (χ0v) is 14.0. The van der Waals surface area contributed by atoms with Crippen LogP contribution in [-0.2, 0) is 6.54 Å². The molecule has 1 unspecified atom stereocenters. The molecule has 1 heterocycles. The van der Waals surface area contributed by atoms with Gasteiger partial charge in [0.15, 0.2) is 11.5 Å². The van der Waals surface area contributed by atoms with Crippen molar-refractivity contribution in [2.75, 3.05) is 14.2 Å². The summed E-state index contributed by atoms with van der Waals surface area (Å²) in [4.78, 5) is 4.14. The Labute approximate surface area is 133 Å². The Morgan fingerprint density at radius 2 is 2.10 bits per heavy atom. The molecule has 0 aliphatic heterocycles. The largest absolute Gasteiger partial charge is 0.493 e. The Morgan fingerprint density at radius 3 is 2.71 bits per heavy atom. The number of methoxy groups -OCH3 is 2. The van der Waals surface area contributed by atoms with Crippen molar-refractivity contribution in [3.8, 4) is 11.5 Å². The number of ether oxygens (including phenoxy) is 2. The Bertz CT molecular complexity index is 590. The van der Waals surface area contributed by atoms with Crippen molar-refractivity contribution >= 4 is 15.9 Å². The maximum Gasteiger partial charge on any atom is 0.174 e. The SMILES string of the molecule is COc1cc(CNC(C)c2cccnc2)cc(Br)c1OC. The van der Waals surface area contributed by atoms with Crippen molar-refractivity contribution in [1.82, 2.24) is 10.3 Å². The smallest absolute Gasteiger partial charge is 0.174 e. The lowest BCUT2D eigenvalue weighted by molar-refractivity contribution is 0.352. The Hall–Kier alpha value is -1.59. The first-order valence-corrected chi connectivity index (χ1v) is 7.48. The minimum absolute atomic E-state index is 0.227. The Morgan fingerprint density at radius 1 is 1.29 bits per heavy atom. The standard InChI is InChI=1S/C16H19BrN2O2/c1-11(13-5-4-6-18-10-13)19-9-12-7-14(17)16(21-3)15(8-12)20-2/h4-8,10-11,19H,9H2,1-3H3. The lowest BCUT2D eigenvalue weighted by Gasteiger charge is -2.16. The second-order valence-electron chi connectivity index (χ2n) is 4.70. The van der Waals surface area contributed by atoms with Gasteiger partial charge in [-0.3, -0.25) is 4.98 Å².